The molecule has 0 saturated heterocycles. The summed E-state index contributed by atoms with van der Waals surface area (Å²) in [6.07, 6.45) is 5.08. The fourth-order valence-electron chi connectivity index (χ4n) is 2.16. The molecule has 4 heteroatoms. The minimum atomic E-state index is -0.676. The Labute approximate surface area is 98.3 Å². The van der Waals surface area contributed by atoms with Crippen molar-refractivity contribution in [2.75, 3.05) is 6.61 Å². The molecular weight excluding hydrogens is 203 g/mol. The van der Waals surface area contributed by atoms with Gasteiger partial charge in [-0.2, -0.15) is 0 Å². The molecule has 1 aliphatic rings. The lowest BCUT2D eigenvalue weighted by Crippen LogP contribution is -2.27. The van der Waals surface area contributed by atoms with E-state index in [4.69, 9.17) is 12.6 Å². The van der Waals surface area contributed by atoms with Crippen molar-refractivity contribution in [3.8, 4) is 0 Å². The first-order valence-electron chi connectivity index (χ1n) is 6.06. The third kappa shape index (κ3) is 3.65. The molecule has 88 valence electrons. The molecule has 0 heterocycles. The molecule has 0 spiro atoms. The van der Waals surface area contributed by atoms with Crippen LogP contribution in [0.25, 0.3) is 0 Å². The van der Waals surface area contributed by atoms with Crippen molar-refractivity contribution >= 4 is 19.6 Å². The smallest absolute Gasteiger partial charge is 0.306 e. The number of ether oxygens (including phenoxy) is 1. The topological polar surface area (TPSA) is 43.4 Å². The number of hydrogen-bond acceptors (Lipinski definition) is 3. The van der Waals surface area contributed by atoms with E-state index in [9.17, 15) is 9.59 Å². The van der Waals surface area contributed by atoms with E-state index >= 15 is 0 Å². The molecule has 0 aliphatic heterocycles. The molecule has 0 N–H and O–H groups in total. The van der Waals surface area contributed by atoms with E-state index in [0.717, 1.165) is 32.1 Å². The molecule has 2 radical (unpaired) electrons. The predicted molar refractivity (Wildman–Crippen MR) is 62.4 cm³/mol. The van der Waals surface area contributed by atoms with Crippen LogP contribution in [0.5, 0.6) is 0 Å². The van der Waals surface area contributed by atoms with Crippen LogP contribution in [0.1, 0.15) is 51.9 Å². The van der Waals surface area contributed by atoms with Gasteiger partial charge in [0.15, 0.2) is 0 Å². The van der Waals surface area contributed by atoms with Gasteiger partial charge in [0, 0.05) is 6.42 Å². The summed E-state index contributed by atoms with van der Waals surface area (Å²) in [6, 6.07) is 0. The van der Waals surface area contributed by atoms with Crippen molar-refractivity contribution in [2.24, 2.45) is 0 Å². The molecule has 1 aliphatic carbocycles. The lowest BCUT2D eigenvalue weighted by Gasteiger charge is -2.32. The van der Waals surface area contributed by atoms with Crippen LogP contribution in [0.15, 0.2) is 0 Å². The van der Waals surface area contributed by atoms with Gasteiger partial charge in [-0.25, -0.2) is 0 Å². The second-order valence-corrected chi connectivity index (χ2v) is 4.44. The normalized spacial score (nSPS) is 19.1. The van der Waals surface area contributed by atoms with Crippen LogP contribution < -0.4 is 0 Å². The largest absolute Gasteiger partial charge is 0.466 e. The van der Waals surface area contributed by atoms with Gasteiger partial charge in [-0.1, -0.05) is 19.3 Å². The Bertz CT molecular complexity index is 257. The van der Waals surface area contributed by atoms with Gasteiger partial charge in [0.25, 0.3) is 0 Å². The van der Waals surface area contributed by atoms with Crippen LogP contribution in [0.2, 0.25) is 5.31 Å². The maximum atomic E-state index is 11.9. The highest BCUT2D eigenvalue weighted by atomic mass is 16.5. The molecule has 3 nitrogen and oxygen atoms in total. The van der Waals surface area contributed by atoms with Crippen molar-refractivity contribution in [1.29, 1.82) is 0 Å². The summed E-state index contributed by atoms with van der Waals surface area (Å²) in [5.41, 5.74) is 0. The highest BCUT2D eigenvalue weighted by Crippen LogP contribution is 2.41. The molecule has 16 heavy (non-hydrogen) atoms. The average Bonchev–Trinajstić information content (AvgIpc) is 2.27. The average molecular weight is 222 g/mol. The molecular formula is C12H19BO3. The van der Waals surface area contributed by atoms with E-state index in [1.807, 2.05) is 0 Å². The Morgan fingerprint density at radius 1 is 1.19 bits per heavy atom. The molecule has 0 bridgehead atoms. The molecule has 1 saturated carbocycles. The lowest BCUT2D eigenvalue weighted by molar-refractivity contribution is -0.144. The van der Waals surface area contributed by atoms with Gasteiger partial charge in [-0.3, -0.25) is 9.59 Å². The quantitative estimate of drug-likeness (QED) is 0.529. The van der Waals surface area contributed by atoms with Crippen molar-refractivity contribution in [3.05, 3.63) is 0 Å². The second-order valence-electron chi connectivity index (χ2n) is 4.44. The third-order valence-corrected chi connectivity index (χ3v) is 3.16. The molecule has 1 fully saturated rings. The first-order valence-corrected chi connectivity index (χ1v) is 6.06. The summed E-state index contributed by atoms with van der Waals surface area (Å²) in [5.74, 6) is -0.296. The van der Waals surface area contributed by atoms with Crippen LogP contribution in [0.3, 0.4) is 0 Å². The van der Waals surface area contributed by atoms with Gasteiger partial charge < -0.3 is 4.74 Å². The van der Waals surface area contributed by atoms with E-state index in [0.29, 0.717) is 6.61 Å². The zero-order chi connectivity index (χ0) is 12.0. The number of rotatable bonds is 5. The maximum Gasteiger partial charge on any atom is 0.306 e. The van der Waals surface area contributed by atoms with Gasteiger partial charge in [0.2, 0.25) is 0 Å². The summed E-state index contributed by atoms with van der Waals surface area (Å²) in [6.45, 7) is 2.12. The Morgan fingerprint density at radius 2 is 1.81 bits per heavy atom. The molecule has 0 aromatic rings. The van der Waals surface area contributed by atoms with Crippen molar-refractivity contribution in [1.82, 2.24) is 0 Å². The van der Waals surface area contributed by atoms with Crippen LogP contribution >= 0.6 is 0 Å². The predicted octanol–water partition coefficient (Wildman–Crippen LogP) is 2.19. The lowest BCUT2D eigenvalue weighted by atomic mass is 9.57. The zero-order valence-electron chi connectivity index (χ0n) is 9.96. The third-order valence-electron chi connectivity index (χ3n) is 3.16. The Morgan fingerprint density at radius 3 is 2.38 bits per heavy atom. The summed E-state index contributed by atoms with van der Waals surface area (Å²) in [7, 11) is 6.06. The fourth-order valence-corrected chi connectivity index (χ4v) is 2.16. The number of carbonyl (C=O) groups is 2. The number of Topliss-reactive ketones (excluding diaryl/α,β-unsaturated/α-hetero) is 1. The van der Waals surface area contributed by atoms with Crippen LogP contribution in [-0.4, -0.2) is 26.2 Å². The zero-order valence-corrected chi connectivity index (χ0v) is 9.96. The summed E-state index contributed by atoms with van der Waals surface area (Å²) >= 11 is 0. The van der Waals surface area contributed by atoms with Crippen LogP contribution in [0.4, 0.5) is 0 Å². The first kappa shape index (κ1) is 13.3. The Kier molecular flexibility index (Phi) is 5.03. The Balaban J connectivity index is 2.36. The molecule has 1 rings (SSSR count). The highest BCUT2D eigenvalue weighted by Gasteiger charge is 2.33. The number of esters is 1. The molecule has 0 aromatic heterocycles. The van der Waals surface area contributed by atoms with Gasteiger partial charge >= 0.3 is 5.97 Å². The Hall–Kier alpha value is -0.795. The van der Waals surface area contributed by atoms with Crippen molar-refractivity contribution < 1.29 is 14.3 Å². The maximum absolute atomic E-state index is 11.9. The molecule has 0 unspecified atom stereocenters. The van der Waals surface area contributed by atoms with Crippen LogP contribution in [0, 0.1) is 0 Å². The summed E-state index contributed by atoms with van der Waals surface area (Å²) in [4.78, 5) is 23.0. The van der Waals surface area contributed by atoms with Gasteiger partial charge in [-0.15, -0.1) is 0 Å². The molecule has 0 amide bonds. The number of hydrogen-bond donors (Lipinski definition) is 0. The first-order chi connectivity index (χ1) is 7.58. The monoisotopic (exact) mass is 222 g/mol. The van der Waals surface area contributed by atoms with E-state index in [1.165, 1.54) is 0 Å². The molecule has 0 atom stereocenters. The van der Waals surface area contributed by atoms with E-state index < -0.39 is 5.31 Å². The standard InChI is InChI=1S/C12H19BO3/c1-2-16-11(15)7-6-10(14)12(13)8-4-3-5-9-12/h2-9H2,1H3. The highest BCUT2D eigenvalue weighted by molar-refractivity contribution is 6.28. The minimum absolute atomic E-state index is 0.0141. The van der Waals surface area contributed by atoms with E-state index in [1.54, 1.807) is 6.92 Å². The summed E-state index contributed by atoms with van der Waals surface area (Å²) < 4.78 is 4.78. The van der Waals surface area contributed by atoms with E-state index in [2.05, 4.69) is 0 Å². The number of ketones is 1. The second kappa shape index (κ2) is 6.07. The van der Waals surface area contributed by atoms with E-state index in [-0.39, 0.29) is 24.6 Å². The van der Waals surface area contributed by atoms with Gasteiger partial charge in [0.1, 0.15) is 5.78 Å². The van der Waals surface area contributed by atoms with Crippen LogP contribution in [-0.2, 0) is 14.3 Å². The SMILES string of the molecule is [B]C1(C(=O)CCC(=O)OCC)CCCCC1. The molecule has 0 aromatic carbocycles. The van der Waals surface area contributed by atoms with Crippen molar-refractivity contribution in [3.63, 3.8) is 0 Å². The summed E-state index contributed by atoms with van der Waals surface area (Å²) in [5, 5.41) is -0.676. The van der Waals surface area contributed by atoms with Gasteiger partial charge in [0.05, 0.1) is 20.9 Å². The van der Waals surface area contributed by atoms with Crippen molar-refractivity contribution in [2.45, 2.75) is 57.2 Å². The minimum Gasteiger partial charge on any atom is -0.466 e. The number of carbonyl (C=O) groups excluding carboxylic acids is 2. The fraction of sp³-hybridized carbons (Fsp3) is 0.833. The van der Waals surface area contributed by atoms with Gasteiger partial charge in [-0.05, 0) is 25.1 Å².